The van der Waals surface area contributed by atoms with Crippen LogP contribution in [-0.2, 0) is 16.0 Å². The summed E-state index contributed by atoms with van der Waals surface area (Å²) in [6.45, 7) is 0. The molecule has 180 valence electrons. The Bertz CT molecular complexity index is 1240. The molecule has 3 aromatic carbocycles. The van der Waals surface area contributed by atoms with Crippen LogP contribution in [0, 0.1) is 11.7 Å². The largest absolute Gasteiger partial charge is 0.457 e. The number of hydrogen-bond donors (Lipinski definition) is 2. The normalized spacial score (nSPS) is 19.2. The van der Waals surface area contributed by atoms with Gasteiger partial charge in [-0.25, -0.2) is 12.8 Å². The van der Waals surface area contributed by atoms with Crippen LogP contribution in [0.1, 0.15) is 18.4 Å². The van der Waals surface area contributed by atoms with E-state index in [9.17, 15) is 31.1 Å². The molecule has 1 unspecified atom stereocenters. The highest BCUT2D eigenvalue weighted by Crippen LogP contribution is 2.40. The molecule has 5 nitrogen and oxygen atoms in total. The first-order valence-corrected chi connectivity index (χ1v) is 12.0. The van der Waals surface area contributed by atoms with Gasteiger partial charge in [-0.15, -0.1) is 0 Å². The lowest BCUT2D eigenvalue weighted by Crippen LogP contribution is -2.44. The summed E-state index contributed by atoms with van der Waals surface area (Å²) in [5.74, 6) is 0.217. The monoisotopic (exact) mass is 495 g/mol. The number of aliphatic hydroxyl groups excluding tert-OH is 1. The molecule has 0 bridgehead atoms. The highest BCUT2D eigenvalue weighted by atomic mass is 32.2. The fourth-order valence-electron chi connectivity index (χ4n) is 3.71. The molecular weight excluding hydrogens is 474 g/mol. The third kappa shape index (κ3) is 5.34. The molecule has 4 rings (SSSR count). The summed E-state index contributed by atoms with van der Waals surface area (Å²) >= 11 is 0. The van der Waals surface area contributed by atoms with Gasteiger partial charge in [0.1, 0.15) is 23.5 Å². The molecule has 1 aliphatic carbocycles. The highest BCUT2D eigenvalue weighted by molar-refractivity contribution is 7.92. The van der Waals surface area contributed by atoms with Gasteiger partial charge in [0.25, 0.3) is 0 Å². The first-order chi connectivity index (χ1) is 16.0. The minimum absolute atomic E-state index is 0.124. The summed E-state index contributed by atoms with van der Waals surface area (Å²) in [6.07, 6.45) is -5.42. The Morgan fingerprint density at radius 1 is 0.941 bits per heavy atom. The first-order valence-electron chi connectivity index (χ1n) is 10.4. The fraction of sp³-hybridized carbons (Fsp3) is 0.250. The highest BCUT2D eigenvalue weighted by Gasteiger charge is 2.43. The van der Waals surface area contributed by atoms with E-state index >= 15 is 0 Å². The van der Waals surface area contributed by atoms with Crippen molar-refractivity contribution in [1.29, 1.82) is 0 Å². The maximum Gasteiger partial charge on any atom is 0.416 e. The van der Waals surface area contributed by atoms with E-state index in [1.54, 1.807) is 24.3 Å². The topological polar surface area (TPSA) is 75.6 Å². The van der Waals surface area contributed by atoms with E-state index in [1.807, 2.05) is 0 Å². The quantitative estimate of drug-likeness (QED) is 0.329. The van der Waals surface area contributed by atoms with Gasteiger partial charge in [0.05, 0.1) is 15.7 Å². The first kappa shape index (κ1) is 24.0. The summed E-state index contributed by atoms with van der Waals surface area (Å²) in [5.41, 5.74) is -0.443. The van der Waals surface area contributed by atoms with E-state index < -0.39 is 33.1 Å². The lowest BCUT2D eigenvalue weighted by Gasteiger charge is -2.38. The number of rotatable bonds is 7. The Kier molecular flexibility index (Phi) is 6.55. The summed E-state index contributed by atoms with van der Waals surface area (Å²) in [7, 11) is -3.94. The molecule has 0 heterocycles. The molecule has 1 atom stereocenters. The standard InChI is InChI=1S/C24H21F4NO4S/c25-17-4-8-19(9-5-17)33-20-10-6-18(7-11-20)29-23(30)15-12-22(13-15)34(31,32)21-3-1-2-16(14-21)24(26,27)28/h1-11,14-15,22-23,29-30H,12-13H2. The predicted octanol–water partition coefficient (Wildman–Crippen LogP) is 5.62. The van der Waals surface area contributed by atoms with E-state index in [1.165, 1.54) is 24.3 Å². The Balaban J connectivity index is 1.33. The van der Waals surface area contributed by atoms with E-state index in [2.05, 4.69) is 5.32 Å². The number of anilines is 1. The second-order valence-electron chi connectivity index (χ2n) is 8.09. The molecule has 3 aromatic rings. The van der Waals surface area contributed by atoms with Gasteiger partial charge in [0.2, 0.25) is 0 Å². The molecule has 1 aliphatic rings. The Labute approximate surface area is 193 Å². The summed E-state index contributed by atoms with van der Waals surface area (Å²) in [4.78, 5) is -0.370. The van der Waals surface area contributed by atoms with E-state index in [0.717, 1.165) is 18.2 Å². The Hall–Kier alpha value is -3.11. The van der Waals surface area contributed by atoms with Crippen LogP contribution in [0.5, 0.6) is 11.5 Å². The van der Waals surface area contributed by atoms with Crippen molar-refractivity contribution in [2.75, 3.05) is 5.32 Å². The molecule has 34 heavy (non-hydrogen) atoms. The van der Waals surface area contributed by atoms with Crippen LogP contribution in [0.4, 0.5) is 23.2 Å². The molecule has 0 saturated heterocycles. The number of halogens is 4. The van der Waals surface area contributed by atoms with Crippen molar-refractivity contribution in [3.63, 3.8) is 0 Å². The zero-order valence-corrected chi connectivity index (χ0v) is 18.5. The van der Waals surface area contributed by atoms with Crippen molar-refractivity contribution in [3.8, 4) is 11.5 Å². The number of ether oxygens (including phenoxy) is 1. The number of nitrogens with one attached hydrogen (secondary N) is 1. The number of alkyl halides is 3. The molecular formula is C24H21F4NO4S. The second kappa shape index (κ2) is 9.27. The van der Waals surface area contributed by atoms with Crippen LogP contribution in [0.15, 0.2) is 77.7 Å². The van der Waals surface area contributed by atoms with E-state index in [0.29, 0.717) is 23.3 Å². The van der Waals surface area contributed by atoms with Crippen LogP contribution in [0.3, 0.4) is 0 Å². The van der Waals surface area contributed by atoms with E-state index in [4.69, 9.17) is 4.74 Å². The molecule has 1 saturated carbocycles. The minimum atomic E-state index is -4.63. The summed E-state index contributed by atoms with van der Waals surface area (Å²) in [5, 5.41) is 12.5. The lowest BCUT2D eigenvalue weighted by molar-refractivity contribution is -0.137. The predicted molar refractivity (Wildman–Crippen MR) is 118 cm³/mol. The number of sulfone groups is 1. The molecule has 0 amide bonds. The average Bonchev–Trinajstić information content (AvgIpc) is 2.75. The fourth-order valence-corrected chi connectivity index (χ4v) is 5.65. The molecule has 1 fully saturated rings. The van der Waals surface area contributed by atoms with Gasteiger partial charge in [-0.3, -0.25) is 0 Å². The van der Waals surface area contributed by atoms with Gasteiger partial charge in [-0.2, -0.15) is 13.2 Å². The molecule has 0 aliphatic heterocycles. The van der Waals surface area contributed by atoms with Crippen molar-refractivity contribution in [2.45, 2.75) is 35.4 Å². The lowest BCUT2D eigenvalue weighted by atomic mass is 9.83. The van der Waals surface area contributed by atoms with Gasteiger partial charge in [0.15, 0.2) is 9.84 Å². The average molecular weight is 495 g/mol. The second-order valence-corrected chi connectivity index (χ2v) is 10.3. The van der Waals surface area contributed by atoms with Gasteiger partial charge >= 0.3 is 6.18 Å². The van der Waals surface area contributed by atoms with Crippen molar-refractivity contribution < 1.29 is 35.8 Å². The Morgan fingerprint density at radius 2 is 1.53 bits per heavy atom. The van der Waals surface area contributed by atoms with Crippen LogP contribution in [0.2, 0.25) is 0 Å². The number of benzene rings is 3. The van der Waals surface area contributed by atoms with Crippen LogP contribution >= 0.6 is 0 Å². The maximum absolute atomic E-state index is 13.0. The number of hydrogen-bond acceptors (Lipinski definition) is 5. The van der Waals surface area contributed by atoms with Crippen LogP contribution in [0.25, 0.3) is 0 Å². The van der Waals surface area contributed by atoms with Crippen molar-refractivity contribution in [3.05, 3.63) is 84.2 Å². The maximum atomic E-state index is 13.0. The van der Waals surface area contributed by atoms with Gasteiger partial charge < -0.3 is 15.2 Å². The van der Waals surface area contributed by atoms with Gasteiger partial charge in [-0.05, 0) is 79.6 Å². The molecule has 0 radical (unpaired) electrons. The smallest absolute Gasteiger partial charge is 0.416 e. The van der Waals surface area contributed by atoms with Gasteiger partial charge in [0, 0.05) is 11.6 Å². The SMILES string of the molecule is O=S(=O)(c1cccc(C(F)(F)F)c1)C1CC(C(O)Nc2ccc(Oc3ccc(F)cc3)cc2)C1. The molecule has 0 spiro atoms. The molecule has 2 N–H and O–H groups in total. The van der Waals surface area contributed by atoms with Crippen LogP contribution < -0.4 is 10.1 Å². The van der Waals surface area contributed by atoms with Crippen LogP contribution in [-0.4, -0.2) is 25.0 Å². The number of aliphatic hydroxyl groups is 1. The molecule has 0 aromatic heterocycles. The van der Waals surface area contributed by atoms with Crippen molar-refractivity contribution in [2.24, 2.45) is 5.92 Å². The zero-order valence-electron chi connectivity index (χ0n) is 17.7. The Morgan fingerprint density at radius 3 is 2.12 bits per heavy atom. The minimum Gasteiger partial charge on any atom is -0.457 e. The van der Waals surface area contributed by atoms with Crippen molar-refractivity contribution in [1.82, 2.24) is 0 Å². The third-order valence-electron chi connectivity index (χ3n) is 5.72. The third-order valence-corrected chi connectivity index (χ3v) is 7.90. The zero-order chi connectivity index (χ0) is 24.5. The summed E-state index contributed by atoms with van der Waals surface area (Å²) in [6, 6.07) is 15.9. The van der Waals surface area contributed by atoms with E-state index in [-0.39, 0.29) is 29.5 Å². The van der Waals surface area contributed by atoms with Crippen molar-refractivity contribution >= 4 is 15.5 Å². The summed E-state index contributed by atoms with van der Waals surface area (Å²) < 4.78 is 82.8. The molecule has 10 heteroatoms. The van der Waals surface area contributed by atoms with Gasteiger partial charge in [-0.1, -0.05) is 6.07 Å².